The Labute approximate surface area is 110 Å². The Bertz CT molecular complexity index is 667. The number of ether oxygens (including phenoxy) is 2. The van der Waals surface area contributed by atoms with Crippen molar-refractivity contribution in [3.8, 4) is 11.8 Å². The van der Waals surface area contributed by atoms with Crippen LogP contribution in [0.3, 0.4) is 0 Å². The Hall–Kier alpha value is -2.48. The largest absolute Gasteiger partial charge is 0.496 e. The summed E-state index contributed by atoms with van der Waals surface area (Å²) in [5, 5.41) is 10.1. The topological polar surface area (TPSA) is 75.1 Å². The lowest BCUT2D eigenvalue weighted by Crippen LogP contribution is -2.14. The number of nitriles is 1. The number of carbonyl (C=O) groups excluding carboxylic acids is 1. The first-order valence-corrected chi connectivity index (χ1v) is 5.76. The number of rotatable bonds is 3. The maximum Gasteiger partial charge on any atom is 0.327 e. The lowest BCUT2D eigenvalue weighted by molar-refractivity contribution is -0.141. The van der Waals surface area contributed by atoms with Crippen LogP contribution in [0.2, 0.25) is 0 Å². The highest BCUT2D eigenvalue weighted by Gasteiger charge is 2.27. The molecule has 1 aromatic heterocycles. The summed E-state index contributed by atoms with van der Waals surface area (Å²) in [6.45, 7) is 1.94. The molecular formula is C14H14N2O3. The number of nitrogens with one attached hydrogen (secondary N) is 1. The van der Waals surface area contributed by atoms with Crippen molar-refractivity contribution in [3.05, 3.63) is 29.5 Å². The van der Waals surface area contributed by atoms with Gasteiger partial charge in [0.25, 0.3) is 0 Å². The molecule has 0 radical (unpaired) electrons. The van der Waals surface area contributed by atoms with Gasteiger partial charge < -0.3 is 14.5 Å². The maximum atomic E-state index is 11.8. The van der Waals surface area contributed by atoms with Crippen LogP contribution in [0.1, 0.15) is 17.0 Å². The van der Waals surface area contributed by atoms with E-state index in [0.717, 1.165) is 16.5 Å². The number of methoxy groups -OCH3 is 2. The molecular weight excluding hydrogens is 244 g/mol. The Morgan fingerprint density at radius 3 is 2.79 bits per heavy atom. The molecule has 0 fully saturated rings. The lowest BCUT2D eigenvalue weighted by Gasteiger charge is -2.14. The summed E-state index contributed by atoms with van der Waals surface area (Å²) < 4.78 is 9.99. The monoisotopic (exact) mass is 258 g/mol. The molecule has 0 aliphatic rings. The molecule has 19 heavy (non-hydrogen) atoms. The van der Waals surface area contributed by atoms with Crippen LogP contribution in [0.15, 0.2) is 18.3 Å². The Kier molecular flexibility index (Phi) is 3.43. The highest BCUT2D eigenvalue weighted by molar-refractivity contribution is 5.94. The van der Waals surface area contributed by atoms with E-state index in [2.05, 4.69) is 9.72 Å². The van der Waals surface area contributed by atoms with Crippen LogP contribution in [0.4, 0.5) is 0 Å². The molecule has 0 aliphatic heterocycles. The van der Waals surface area contributed by atoms with E-state index in [0.29, 0.717) is 11.3 Å². The zero-order valence-corrected chi connectivity index (χ0v) is 11.0. The number of aromatic amines is 1. The second-order valence-corrected chi connectivity index (χ2v) is 4.16. The van der Waals surface area contributed by atoms with Gasteiger partial charge in [0.15, 0.2) is 5.92 Å². The number of aryl methyl sites for hydroxylation is 1. The van der Waals surface area contributed by atoms with Crippen LogP contribution < -0.4 is 4.74 Å². The summed E-state index contributed by atoms with van der Waals surface area (Å²) in [7, 11) is 2.78. The molecule has 0 spiro atoms. The molecule has 0 amide bonds. The fraction of sp³-hybridized carbons (Fsp3) is 0.286. The van der Waals surface area contributed by atoms with Gasteiger partial charge in [-0.05, 0) is 24.6 Å². The number of fused-ring (bicyclic) bond motifs is 1. The number of H-pyrrole nitrogens is 1. The second-order valence-electron chi connectivity index (χ2n) is 4.16. The third-order valence-corrected chi connectivity index (χ3v) is 3.12. The molecule has 1 aromatic carbocycles. The number of hydrogen-bond donors (Lipinski definition) is 1. The van der Waals surface area contributed by atoms with Gasteiger partial charge in [0.2, 0.25) is 0 Å². The summed E-state index contributed by atoms with van der Waals surface area (Å²) >= 11 is 0. The van der Waals surface area contributed by atoms with Crippen molar-refractivity contribution < 1.29 is 14.3 Å². The summed E-state index contributed by atoms with van der Waals surface area (Å²) in [6, 6.07) is 5.61. The zero-order valence-electron chi connectivity index (χ0n) is 11.0. The zero-order chi connectivity index (χ0) is 14.0. The van der Waals surface area contributed by atoms with Crippen molar-refractivity contribution in [2.75, 3.05) is 14.2 Å². The minimum atomic E-state index is -1.00. The summed E-state index contributed by atoms with van der Waals surface area (Å²) in [5.41, 5.74) is 2.42. The standard InChI is InChI=1S/C14H14N2O3/c1-8-6-11(18-2)12(9-4-5-16-13(8)9)10(7-15)14(17)19-3/h4-6,10,16H,1-3H3. The van der Waals surface area contributed by atoms with E-state index in [1.54, 1.807) is 12.3 Å². The van der Waals surface area contributed by atoms with Gasteiger partial charge in [-0.2, -0.15) is 5.26 Å². The van der Waals surface area contributed by atoms with Gasteiger partial charge in [0.05, 0.1) is 20.3 Å². The number of carbonyl (C=O) groups is 1. The predicted octanol–water partition coefficient (Wildman–Crippen LogP) is 2.27. The molecule has 98 valence electrons. The molecule has 2 aromatic rings. The molecule has 1 heterocycles. The van der Waals surface area contributed by atoms with Crippen LogP contribution in [-0.2, 0) is 9.53 Å². The molecule has 0 saturated carbocycles. The average molecular weight is 258 g/mol. The van der Waals surface area contributed by atoms with Crippen molar-refractivity contribution in [1.29, 1.82) is 5.26 Å². The van der Waals surface area contributed by atoms with Crippen LogP contribution >= 0.6 is 0 Å². The highest BCUT2D eigenvalue weighted by atomic mass is 16.5. The molecule has 2 rings (SSSR count). The van der Waals surface area contributed by atoms with Crippen LogP contribution in [0.25, 0.3) is 10.9 Å². The van der Waals surface area contributed by atoms with E-state index in [1.165, 1.54) is 14.2 Å². The Balaban J connectivity index is 2.77. The van der Waals surface area contributed by atoms with Gasteiger partial charge in [-0.1, -0.05) is 0 Å². The summed E-state index contributed by atoms with van der Waals surface area (Å²) in [6.07, 6.45) is 1.77. The van der Waals surface area contributed by atoms with Crippen LogP contribution in [-0.4, -0.2) is 25.2 Å². The minimum absolute atomic E-state index is 0.515. The number of aromatic nitrogens is 1. The van der Waals surface area contributed by atoms with E-state index in [4.69, 9.17) is 4.74 Å². The smallest absolute Gasteiger partial charge is 0.327 e. The third-order valence-electron chi connectivity index (χ3n) is 3.12. The van der Waals surface area contributed by atoms with Crippen molar-refractivity contribution in [3.63, 3.8) is 0 Å². The first kappa shape index (κ1) is 13.0. The SMILES string of the molecule is COC(=O)C(C#N)c1c(OC)cc(C)c2[nH]ccc12. The fourth-order valence-corrected chi connectivity index (χ4v) is 2.22. The molecule has 0 bridgehead atoms. The van der Waals surface area contributed by atoms with Crippen molar-refractivity contribution in [1.82, 2.24) is 4.98 Å². The Morgan fingerprint density at radius 2 is 2.21 bits per heavy atom. The third kappa shape index (κ3) is 2.02. The van der Waals surface area contributed by atoms with Crippen LogP contribution in [0, 0.1) is 18.3 Å². The number of nitrogens with zero attached hydrogens (tertiary/aromatic N) is 1. The predicted molar refractivity (Wildman–Crippen MR) is 70.0 cm³/mol. The molecule has 0 aliphatic carbocycles. The van der Waals surface area contributed by atoms with Gasteiger partial charge in [-0.25, -0.2) is 0 Å². The molecule has 1 N–H and O–H groups in total. The van der Waals surface area contributed by atoms with E-state index < -0.39 is 11.9 Å². The van der Waals surface area contributed by atoms with Gasteiger partial charge in [-0.3, -0.25) is 4.79 Å². The van der Waals surface area contributed by atoms with Gasteiger partial charge in [-0.15, -0.1) is 0 Å². The normalized spacial score (nSPS) is 11.9. The summed E-state index contributed by atoms with van der Waals surface area (Å²) in [4.78, 5) is 14.9. The van der Waals surface area contributed by atoms with E-state index in [-0.39, 0.29) is 0 Å². The minimum Gasteiger partial charge on any atom is -0.496 e. The number of benzene rings is 1. The van der Waals surface area contributed by atoms with Crippen molar-refractivity contribution in [2.24, 2.45) is 0 Å². The van der Waals surface area contributed by atoms with Gasteiger partial charge in [0, 0.05) is 22.7 Å². The average Bonchev–Trinajstić information content (AvgIpc) is 2.91. The first-order chi connectivity index (χ1) is 9.13. The summed E-state index contributed by atoms with van der Waals surface area (Å²) in [5.74, 6) is -1.08. The van der Waals surface area contributed by atoms with E-state index in [1.807, 2.05) is 19.1 Å². The van der Waals surface area contributed by atoms with Gasteiger partial charge in [0.1, 0.15) is 5.75 Å². The Morgan fingerprint density at radius 1 is 1.47 bits per heavy atom. The van der Waals surface area contributed by atoms with Gasteiger partial charge >= 0.3 is 5.97 Å². The maximum absolute atomic E-state index is 11.8. The number of hydrogen-bond acceptors (Lipinski definition) is 4. The van der Waals surface area contributed by atoms with E-state index >= 15 is 0 Å². The lowest BCUT2D eigenvalue weighted by atomic mass is 9.94. The first-order valence-electron chi connectivity index (χ1n) is 5.76. The molecule has 1 atom stereocenters. The van der Waals surface area contributed by atoms with Crippen molar-refractivity contribution in [2.45, 2.75) is 12.8 Å². The van der Waals surface area contributed by atoms with E-state index in [9.17, 15) is 10.1 Å². The van der Waals surface area contributed by atoms with Crippen molar-refractivity contribution >= 4 is 16.9 Å². The molecule has 1 unspecified atom stereocenters. The second kappa shape index (κ2) is 5.02. The molecule has 5 nitrogen and oxygen atoms in total. The van der Waals surface area contributed by atoms with Crippen LogP contribution in [0.5, 0.6) is 5.75 Å². The highest BCUT2D eigenvalue weighted by Crippen LogP contribution is 2.36. The quantitative estimate of drug-likeness (QED) is 0.857. The fourth-order valence-electron chi connectivity index (χ4n) is 2.22. The number of esters is 1. The molecule has 5 heteroatoms. The molecule has 0 saturated heterocycles.